The number of rotatable bonds is 1. The number of fused-ring (bicyclic) bond motifs is 1. The van der Waals surface area contributed by atoms with E-state index in [0.29, 0.717) is 5.56 Å². The molecule has 3 nitrogen and oxygen atoms in total. The van der Waals surface area contributed by atoms with Crippen LogP contribution in [0, 0.1) is 6.92 Å². The third-order valence-corrected chi connectivity index (χ3v) is 2.44. The highest BCUT2D eigenvalue weighted by atomic mass is 16.5. The lowest BCUT2D eigenvalue weighted by molar-refractivity contribution is 0.0696. The second kappa shape index (κ2) is 3.33. The van der Waals surface area contributed by atoms with E-state index in [4.69, 9.17) is 9.84 Å². The summed E-state index contributed by atoms with van der Waals surface area (Å²) in [5.41, 5.74) is 2.29. The summed E-state index contributed by atoms with van der Waals surface area (Å²) in [7, 11) is 0. The lowest BCUT2D eigenvalue weighted by Gasteiger charge is -2.19. The highest BCUT2D eigenvalue weighted by molar-refractivity contribution is 5.88. The van der Waals surface area contributed by atoms with Crippen LogP contribution in [0.2, 0.25) is 0 Å². The molecule has 14 heavy (non-hydrogen) atoms. The van der Waals surface area contributed by atoms with E-state index in [-0.39, 0.29) is 0 Å². The maximum Gasteiger partial charge on any atom is 0.335 e. The molecule has 74 valence electrons. The Hall–Kier alpha value is -1.51. The topological polar surface area (TPSA) is 46.5 Å². The van der Waals surface area contributed by atoms with Gasteiger partial charge < -0.3 is 9.84 Å². The van der Waals surface area contributed by atoms with Gasteiger partial charge in [0.15, 0.2) is 0 Å². The van der Waals surface area contributed by atoms with Crippen molar-refractivity contribution >= 4 is 5.97 Å². The third kappa shape index (κ3) is 1.45. The van der Waals surface area contributed by atoms with E-state index >= 15 is 0 Å². The molecule has 0 atom stereocenters. The maximum absolute atomic E-state index is 10.8. The van der Waals surface area contributed by atoms with Crippen LogP contribution in [0.15, 0.2) is 12.1 Å². The third-order valence-electron chi connectivity index (χ3n) is 2.44. The minimum atomic E-state index is -0.874. The van der Waals surface area contributed by atoms with Gasteiger partial charge in [-0.15, -0.1) is 0 Å². The molecule has 0 saturated heterocycles. The van der Waals surface area contributed by atoms with E-state index in [0.717, 1.165) is 36.3 Å². The molecule has 0 saturated carbocycles. The molecule has 1 aliphatic rings. The van der Waals surface area contributed by atoms with Crippen molar-refractivity contribution in [1.29, 1.82) is 0 Å². The zero-order valence-electron chi connectivity index (χ0n) is 8.04. The average Bonchev–Trinajstić information content (AvgIpc) is 2.17. The zero-order chi connectivity index (χ0) is 10.1. The number of hydrogen-bond acceptors (Lipinski definition) is 2. The smallest absolute Gasteiger partial charge is 0.335 e. The number of carbonyl (C=O) groups is 1. The Kier molecular flexibility index (Phi) is 2.15. The molecule has 1 heterocycles. The largest absolute Gasteiger partial charge is 0.493 e. The van der Waals surface area contributed by atoms with Crippen LogP contribution < -0.4 is 4.74 Å². The van der Waals surface area contributed by atoms with Crippen molar-refractivity contribution in [3.63, 3.8) is 0 Å². The molecule has 3 heteroatoms. The summed E-state index contributed by atoms with van der Waals surface area (Å²) in [5.74, 6) is 0.00252. The van der Waals surface area contributed by atoms with Gasteiger partial charge in [-0.1, -0.05) is 0 Å². The Morgan fingerprint density at radius 2 is 2.29 bits per heavy atom. The highest BCUT2D eigenvalue weighted by Crippen LogP contribution is 2.29. The van der Waals surface area contributed by atoms with Crippen LogP contribution in [0.1, 0.15) is 27.9 Å². The summed E-state index contributed by atoms with van der Waals surface area (Å²) in [6.45, 7) is 2.62. The lowest BCUT2D eigenvalue weighted by atomic mass is 9.99. The first kappa shape index (κ1) is 9.06. The van der Waals surface area contributed by atoms with Crippen molar-refractivity contribution in [2.45, 2.75) is 19.8 Å². The molecule has 0 unspecified atom stereocenters. The summed E-state index contributed by atoms with van der Waals surface area (Å²) < 4.78 is 5.50. The van der Waals surface area contributed by atoms with E-state index in [2.05, 4.69) is 0 Å². The molecule has 1 aliphatic heterocycles. The van der Waals surface area contributed by atoms with Crippen LogP contribution in [-0.2, 0) is 6.42 Å². The Balaban J connectivity index is 2.51. The SMILES string of the molecule is Cc1cc(C(=O)O)cc2c1OCCC2. The summed E-state index contributed by atoms with van der Waals surface area (Å²) >= 11 is 0. The van der Waals surface area contributed by atoms with Crippen LogP contribution >= 0.6 is 0 Å². The molecule has 0 bridgehead atoms. The van der Waals surface area contributed by atoms with Crippen molar-refractivity contribution < 1.29 is 14.6 Å². The summed E-state index contributed by atoms with van der Waals surface area (Å²) in [5, 5.41) is 8.87. The van der Waals surface area contributed by atoms with E-state index in [1.54, 1.807) is 12.1 Å². The number of hydrogen-bond donors (Lipinski definition) is 1. The van der Waals surface area contributed by atoms with Crippen molar-refractivity contribution in [1.82, 2.24) is 0 Å². The second-order valence-corrected chi connectivity index (χ2v) is 3.54. The monoisotopic (exact) mass is 192 g/mol. The van der Waals surface area contributed by atoms with E-state index in [1.807, 2.05) is 6.92 Å². The van der Waals surface area contributed by atoms with Gasteiger partial charge in [0.2, 0.25) is 0 Å². The number of aryl methyl sites for hydroxylation is 2. The molecule has 2 rings (SSSR count). The van der Waals surface area contributed by atoms with Crippen molar-refractivity contribution in [2.75, 3.05) is 6.61 Å². The van der Waals surface area contributed by atoms with Crippen LogP contribution in [0.5, 0.6) is 5.75 Å². The van der Waals surface area contributed by atoms with Crippen LogP contribution in [0.25, 0.3) is 0 Å². The fourth-order valence-electron chi connectivity index (χ4n) is 1.80. The van der Waals surface area contributed by atoms with Gasteiger partial charge in [0, 0.05) is 0 Å². The summed E-state index contributed by atoms with van der Waals surface area (Å²) in [6.07, 6.45) is 1.88. The number of ether oxygens (including phenoxy) is 1. The molecule has 1 N–H and O–H groups in total. The predicted molar refractivity (Wildman–Crippen MR) is 52.0 cm³/mol. The van der Waals surface area contributed by atoms with Gasteiger partial charge in [-0.2, -0.15) is 0 Å². The van der Waals surface area contributed by atoms with Gasteiger partial charge in [0.1, 0.15) is 5.75 Å². The summed E-state index contributed by atoms with van der Waals surface area (Å²) in [6, 6.07) is 3.37. The van der Waals surface area contributed by atoms with Gasteiger partial charge in [-0.25, -0.2) is 4.79 Å². The van der Waals surface area contributed by atoms with E-state index in [1.165, 1.54) is 0 Å². The number of aromatic carboxylic acids is 1. The fourth-order valence-corrected chi connectivity index (χ4v) is 1.80. The minimum absolute atomic E-state index is 0.353. The fraction of sp³-hybridized carbons (Fsp3) is 0.364. The maximum atomic E-state index is 10.8. The molecular formula is C11H12O3. The highest BCUT2D eigenvalue weighted by Gasteiger charge is 2.15. The number of benzene rings is 1. The first-order valence-corrected chi connectivity index (χ1v) is 4.68. The predicted octanol–water partition coefficient (Wildman–Crippen LogP) is 2.02. The number of carboxylic acid groups (broad SMARTS) is 1. The normalized spacial score (nSPS) is 14.4. The molecule has 0 spiro atoms. The van der Waals surface area contributed by atoms with E-state index in [9.17, 15) is 4.79 Å². The van der Waals surface area contributed by atoms with Gasteiger partial charge in [-0.3, -0.25) is 0 Å². The van der Waals surface area contributed by atoms with Gasteiger partial charge >= 0.3 is 5.97 Å². The minimum Gasteiger partial charge on any atom is -0.493 e. The Morgan fingerprint density at radius 1 is 1.50 bits per heavy atom. The lowest BCUT2D eigenvalue weighted by Crippen LogP contribution is -2.11. The second-order valence-electron chi connectivity index (χ2n) is 3.54. The average molecular weight is 192 g/mol. The molecule has 0 aromatic heterocycles. The number of carboxylic acids is 1. The van der Waals surface area contributed by atoms with Crippen molar-refractivity contribution in [3.8, 4) is 5.75 Å². The quantitative estimate of drug-likeness (QED) is 0.740. The first-order valence-electron chi connectivity index (χ1n) is 4.68. The Labute approximate surface area is 82.3 Å². The molecule has 0 amide bonds. The van der Waals surface area contributed by atoms with Gasteiger partial charge in [0.25, 0.3) is 0 Å². The van der Waals surface area contributed by atoms with Crippen molar-refractivity contribution in [3.05, 3.63) is 28.8 Å². The molecular weight excluding hydrogens is 180 g/mol. The molecule has 0 aliphatic carbocycles. The Morgan fingerprint density at radius 3 is 3.00 bits per heavy atom. The van der Waals surface area contributed by atoms with E-state index < -0.39 is 5.97 Å². The molecule has 0 radical (unpaired) electrons. The van der Waals surface area contributed by atoms with Crippen LogP contribution in [-0.4, -0.2) is 17.7 Å². The van der Waals surface area contributed by atoms with Crippen LogP contribution in [0.3, 0.4) is 0 Å². The van der Waals surface area contributed by atoms with Gasteiger partial charge in [0.05, 0.1) is 12.2 Å². The standard InChI is InChI=1S/C11H12O3/c1-7-5-9(11(12)13)6-8-3-2-4-14-10(7)8/h5-6H,2-4H2,1H3,(H,12,13). The zero-order valence-corrected chi connectivity index (χ0v) is 8.04. The summed E-state index contributed by atoms with van der Waals surface area (Å²) in [4.78, 5) is 10.8. The van der Waals surface area contributed by atoms with Gasteiger partial charge in [-0.05, 0) is 43.0 Å². The molecule has 0 fully saturated rings. The Bertz CT molecular complexity index is 382. The molecule has 1 aromatic rings. The first-order chi connectivity index (χ1) is 6.68. The van der Waals surface area contributed by atoms with Crippen molar-refractivity contribution in [2.24, 2.45) is 0 Å². The van der Waals surface area contributed by atoms with Crippen LogP contribution in [0.4, 0.5) is 0 Å². The molecule has 1 aromatic carbocycles.